The molecule has 0 saturated carbocycles. The van der Waals surface area contributed by atoms with E-state index in [-0.39, 0.29) is 21.9 Å². The molecule has 1 aromatic rings. The monoisotopic (exact) mass is 221 g/mol. The highest BCUT2D eigenvalue weighted by molar-refractivity contribution is 7.16. The maximum atomic E-state index is 12.2. The molecule has 1 N–H and O–H groups in total. The van der Waals surface area contributed by atoms with Gasteiger partial charge in [-0.05, 0) is 6.07 Å². The fourth-order valence-corrected chi connectivity index (χ4v) is 1.99. The molecule has 1 amide bonds. The maximum absolute atomic E-state index is 12.2. The summed E-state index contributed by atoms with van der Waals surface area (Å²) in [6, 6.07) is 0.767. The first-order chi connectivity index (χ1) is 6.39. The van der Waals surface area contributed by atoms with E-state index in [2.05, 4.69) is 5.32 Å². The quantitative estimate of drug-likeness (QED) is 0.680. The number of fused-ring (bicyclic) bond motifs is 1. The average molecular weight is 221 g/mol. The van der Waals surface area contributed by atoms with Crippen molar-refractivity contribution in [3.8, 4) is 0 Å². The summed E-state index contributed by atoms with van der Waals surface area (Å²) in [5, 5.41) is 2.06. The largest absolute Gasteiger partial charge is 0.425 e. The van der Waals surface area contributed by atoms with Crippen LogP contribution in [0.3, 0.4) is 0 Å². The lowest BCUT2D eigenvalue weighted by Crippen LogP contribution is -2.13. The van der Waals surface area contributed by atoms with Crippen molar-refractivity contribution in [3.05, 3.63) is 15.8 Å². The first-order valence-electron chi connectivity index (χ1n) is 3.46. The van der Waals surface area contributed by atoms with Crippen LogP contribution in [0, 0.1) is 0 Å². The van der Waals surface area contributed by atoms with Gasteiger partial charge in [0.05, 0.1) is 5.69 Å². The number of Topliss-reactive ketones (excluding diaryl/α,β-unsaturated/α-hetero) is 1. The fraction of sp³-hybridized carbons (Fsp3) is 0.143. The minimum atomic E-state index is -4.47. The van der Waals surface area contributed by atoms with Crippen LogP contribution < -0.4 is 5.32 Å². The lowest BCUT2D eigenvalue weighted by Gasteiger charge is -2.00. The van der Waals surface area contributed by atoms with E-state index in [1.807, 2.05) is 0 Å². The third kappa shape index (κ3) is 1.20. The van der Waals surface area contributed by atoms with Crippen molar-refractivity contribution in [2.24, 2.45) is 0 Å². The number of hydrogen-bond acceptors (Lipinski definition) is 3. The number of carbonyl (C=O) groups excluding carboxylic acids is 2. The molecule has 74 valence electrons. The van der Waals surface area contributed by atoms with Crippen LogP contribution >= 0.6 is 11.3 Å². The number of ketones is 1. The van der Waals surface area contributed by atoms with Crippen LogP contribution in [-0.4, -0.2) is 11.7 Å². The molecule has 0 aliphatic carbocycles. The van der Waals surface area contributed by atoms with Gasteiger partial charge in [0.25, 0.3) is 11.7 Å². The molecule has 1 aromatic heterocycles. The van der Waals surface area contributed by atoms with Gasteiger partial charge in [-0.15, -0.1) is 11.3 Å². The van der Waals surface area contributed by atoms with Gasteiger partial charge in [-0.2, -0.15) is 13.2 Å². The molecule has 0 spiro atoms. The van der Waals surface area contributed by atoms with E-state index in [0.717, 1.165) is 6.07 Å². The van der Waals surface area contributed by atoms with Gasteiger partial charge in [0, 0.05) is 0 Å². The zero-order valence-electron chi connectivity index (χ0n) is 6.44. The predicted molar refractivity (Wildman–Crippen MR) is 42.3 cm³/mol. The molecule has 2 heterocycles. The second-order valence-electron chi connectivity index (χ2n) is 2.63. The molecule has 0 aromatic carbocycles. The van der Waals surface area contributed by atoms with Gasteiger partial charge in [0.1, 0.15) is 9.75 Å². The van der Waals surface area contributed by atoms with Crippen molar-refractivity contribution in [1.82, 2.24) is 0 Å². The Morgan fingerprint density at radius 2 is 1.93 bits per heavy atom. The van der Waals surface area contributed by atoms with Crippen molar-refractivity contribution >= 4 is 28.7 Å². The van der Waals surface area contributed by atoms with Gasteiger partial charge in [0.2, 0.25) is 0 Å². The van der Waals surface area contributed by atoms with Gasteiger partial charge >= 0.3 is 6.18 Å². The topological polar surface area (TPSA) is 46.2 Å². The first-order valence-corrected chi connectivity index (χ1v) is 4.28. The van der Waals surface area contributed by atoms with Gasteiger partial charge in [-0.1, -0.05) is 0 Å². The summed E-state index contributed by atoms with van der Waals surface area (Å²) >= 11 is 0.283. The minimum Gasteiger partial charge on any atom is -0.318 e. The van der Waals surface area contributed by atoms with Gasteiger partial charge in [-0.3, -0.25) is 9.59 Å². The molecular formula is C7H2F3NO2S. The summed E-state index contributed by atoms with van der Waals surface area (Å²) in [5.41, 5.74) is -0.0441. The van der Waals surface area contributed by atoms with Crippen molar-refractivity contribution in [2.45, 2.75) is 6.18 Å². The highest BCUT2D eigenvalue weighted by Gasteiger charge is 2.38. The van der Waals surface area contributed by atoms with Gasteiger partial charge in [0.15, 0.2) is 0 Å². The number of alkyl halides is 3. The third-order valence-electron chi connectivity index (χ3n) is 1.67. The number of rotatable bonds is 0. The Bertz CT molecular complexity index is 435. The molecule has 14 heavy (non-hydrogen) atoms. The highest BCUT2D eigenvalue weighted by atomic mass is 32.1. The summed E-state index contributed by atoms with van der Waals surface area (Å²) in [5.74, 6) is -1.78. The van der Waals surface area contributed by atoms with E-state index in [0.29, 0.717) is 0 Å². The second kappa shape index (κ2) is 2.57. The summed E-state index contributed by atoms with van der Waals surface area (Å²) in [6.07, 6.45) is -4.47. The van der Waals surface area contributed by atoms with Crippen LogP contribution in [-0.2, 0) is 11.0 Å². The number of amides is 1. The average Bonchev–Trinajstić information content (AvgIpc) is 2.54. The molecule has 1 aliphatic heterocycles. The van der Waals surface area contributed by atoms with Crippen molar-refractivity contribution in [1.29, 1.82) is 0 Å². The van der Waals surface area contributed by atoms with E-state index in [1.54, 1.807) is 0 Å². The summed E-state index contributed by atoms with van der Waals surface area (Å²) in [4.78, 5) is 20.6. The molecule has 2 rings (SSSR count). The Labute approximate surface area is 79.5 Å². The number of anilines is 1. The van der Waals surface area contributed by atoms with E-state index < -0.39 is 22.7 Å². The molecule has 0 radical (unpaired) electrons. The van der Waals surface area contributed by atoms with Gasteiger partial charge < -0.3 is 5.32 Å². The number of nitrogens with one attached hydrogen (secondary N) is 1. The number of halogens is 3. The smallest absolute Gasteiger partial charge is 0.318 e. The molecular weight excluding hydrogens is 219 g/mol. The van der Waals surface area contributed by atoms with Crippen LogP contribution in [0.5, 0.6) is 0 Å². The van der Waals surface area contributed by atoms with Crippen LogP contribution in [0.15, 0.2) is 6.07 Å². The molecule has 7 heteroatoms. The van der Waals surface area contributed by atoms with Crippen LogP contribution in [0.4, 0.5) is 18.9 Å². The van der Waals surface area contributed by atoms with Crippen molar-refractivity contribution in [3.63, 3.8) is 0 Å². The Balaban J connectivity index is 2.48. The van der Waals surface area contributed by atoms with Crippen LogP contribution in [0.2, 0.25) is 0 Å². The fourth-order valence-electron chi connectivity index (χ4n) is 1.07. The predicted octanol–water partition coefficient (Wildman–Crippen LogP) is 1.90. The standard InChI is InChI=1S/C7H2F3NO2S/c8-7(9,10)3-1-2-5(14-3)4(12)6(13)11-2/h1H,(H,11,12,13). The Kier molecular flexibility index (Phi) is 1.69. The minimum absolute atomic E-state index is 0.0441. The molecule has 0 bridgehead atoms. The highest BCUT2D eigenvalue weighted by Crippen LogP contribution is 2.40. The molecule has 1 aliphatic rings. The molecule has 0 atom stereocenters. The summed E-state index contributed by atoms with van der Waals surface area (Å²) in [7, 11) is 0. The Morgan fingerprint density at radius 1 is 1.29 bits per heavy atom. The summed E-state index contributed by atoms with van der Waals surface area (Å²) in [6.45, 7) is 0. The first kappa shape index (κ1) is 9.20. The molecule has 0 saturated heterocycles. The number of hydrogen-bond donors (Lipinski definition) is 1. The zero-order valence-corrected chi connectivity index (χ0v) is 7.25. The lowest BCUT2D eigenvalue weighted by molar-refractivity contribution is -0.134. The SMILES string of the molecule is O=C1Nc2cc(C(F)(F)F)sc2C1=O. The second-order valence-corrected chi connectivity index (χ2v) is 3.69. The summed E-state index contributed by atoms with van der Waals surface area (Å²) < 4.78 is 36.5. The van der Waals surface area contributed by atoms with E-state index in [9.17, 15) is 22.8 Å². The Hall–Kier alpha value is -1.37. The van der Waals surface area contributed by atoms with E-state index in [4.69, 9.17) is 0 Å². The Morgan fingerprint density at radius 3 is 2.43 bits per heavy atom. The van der Waals surface area contributed by atoms with Crippen LogP contribution in [0.25, 0.3) is 0 Å². The number of thiophene rings is 1. The number of carbonyl (C=O) groups is 2. The molecule has 3 nitrogen and oxygen atoms in total. The molecule has 0 fully saturated rings. The third-order valence-corrected chi connectivity index (χ3v) is 2.85. The van der Waals surface area contributed by atoms with Crippen molar-refractivity contribution < 1.29 is 22.8 Å². The van der Waals surface area contributed by atoms with Crippen LogP contribution in [0.1, 0.15) is 14.5 Å². The maximum Gasteiger partial charge on any atom is 0.425 e. The zero-order chi connectivity index (χ0) is 10.5. The van der Waals surface area contributed by atoms with Gasteiger partial charge in [-0.25, -0.2) is 0 Å². The van der Waals surface area contributed by atoms with E-state index >= 15 is 0 Å². The lowest BCUT2D eigenvalue weighted by atomic mass is 10.3. The molecule has 0 unspecified atom stereocenters. The van der Waals surface area contributed by atoms with E-state index in [1.165, 1.54) is 0 Å². The normalized spacial score (nSPS) is 15.6. The van der Waals surface area contributed by atoms with Crippen molar-refractivity contribution in [2.75, 3.05) is 5.32 Å².